The van der Waals surface area contributed by atoms with Gasteiger partial charge in [0.15, 0.2) is 4.75 Å². The van der Waals surface area contributed by atoms with Crippen LogP contribution in [0.2, 0.25) is 0 Å². The standard InChI is InChI=1S/C13H15NO3S/c1-10-4-5-11(17-2)12(8-10)18(15,16)13(9-14)6-3-7-13/h4-5,8H,3,6-7H2,1-2H3. The second-order valence-electron chi connectivity index (χ2n) is 4.62. The maximum Gasteiger partial charge on any atom is 0.201 e. The van der Waals surface area contributed by atoms with Crippen molar-refractivity contribution >= 4 is 9.84 Å². The molecule has 0 spiro atoms. The molecule has 5 heteroatoms. The Labute approximate surface area is 107 Å². The largest absolute Gasteiger partial charge is 0.495 e. The monoisotopic (exact) mass is 265 g/mol. The van der Waals surface area contributed by atoms with Crippen molar-refractivity contribution in [3.63, 3.8) is 0 Å². The number of benzene rings is 1. The van der Waals surface area contributed by atoms with Crippen molar-refractivity contribution in [3.8, 4) is 11.8 Å². The molecule has 0 atom stereocenters. The van der Waals surface area contributed by atoms with Gasteiger partial charge in [0.25, 0.3) is 0 Å². The number of ether oxygens (including phenoxy) is 1. The van der Waals surface area contributed by atoms with Gasteiger partial charge in [0.1, 0.15) is 10.6 Å². The summed E-state index contributed by atoms with van der Waals surface area (Å²) in [4.78, 5) is 0.131. The van der Waals surface area contributed by atoms with E-state index >= 15 is 0 Å². The highest BCUT2D eigenvalue weighted by atomic mass is 32.2. The van der Waals surface area contributed by atoms with Gasteiger partial charge >= 0.3 is 0 Å². The van der Waals surface area contributed by atoms with E-state index in [0.717, 1.165) is 12.0 Å². The predicted octanol–water partition coefficient (Wildman–Crippen LogP) is 2.22. The van der Waals surface area contributed by atoms with Crippen LogP contribution in [0.15, 0.2) is 23.1 Å². The molecule has 1 fully saturated rings. The van der Waals surface area contributed by atoms with Crippen molar-refractivity contribution in [2.75, 3.05) is 7.11 Å². The van der Waals surface area contributed by atoms with Crippen molar-refractivity contribution in [2.24, 2.45) is 0 Å². The number of nitrogens with zero attached hydrogens (tertiary/aromatic N) is 1. The minimum absolute atomic E-state index is 0.131. The summed E-state index contributed by atoms with van der Waals surface area (Å²) in [5, 5.41) is 9.20. The second kappa shape index (κ2) is 4.29. The molecule has 96 valence electrons. The normalized spacial score (nSPS) is 17.6. The Balaban J connectivity index is 2.61. The highest BCUT2D eigenvalue weighted by Gasteiger charge is 2.51. The third-order valence-corrected chi connectivity index (χ3v) is 5.91. The number of methoxy groups -OCH3 is 1. The van der Waals surface area contributed by atoms with E-state index in [1.165, 1.54) is 7.11 Å². The van der Waals surface area contributed by atoms with Gasteiger partial charge in [0.05, 0.1) is 13.2 Å². The number of hydrogen-bond acceptors (Lipinski definition) is 4. The van der Waals surface area contributed by atoms with Gasteiger partial charge in [-0.05, 0) is 43.9 Å². The zero-order chi connectivity index (χ0) is 13.4. The summed E-state index contributed by atoms with van der Waals surface area (Å²) in [5.41, 5.74) is 0.835. The Morgan fingerprint density at radius 2 is 2.06 bits per heavy atom. The first kappa shape index (κ1) is 12.9. The fraction of sp³-hybridized carbons (Fsp3) is 0.462. The van der Waals surface area contributed by atoms with E-state index in [-0.39, 0.29) is 4.90 Å². The Bertz CT molecular complexity index is 610. The molecule has 18 heavy (non-hydrogen) atoms. The zero-order valence-corrected chi connectivity index (χ0v) is 11.3. The minimum Gasteiger partial charge on any atom is -0.495 e. The van der Waals surface area contributed by atoms with Crippen LogP contribution < -0.4 is 4.74 Å². The van der Waals surface area contributed by atoms with Crippen LogP contribution in [0.3, 0.4) is 0 Å². The van der Waals surface area contributed by atoms with Crippen LogP contribution in [0.5, 0.6) is 5.75 Å². The SMILES string of the molecule is COc1ccc(C)cc1S(=O)(=O)C1(C#N)CCC1. The van der Waals surface area contributed by atoms with Crippen molar-refractivity contribution in [2.45, 2.75) is 35.8 Å². The van der Waals surface area contributed by atoms with Crippen LogP contribution in [-0.2, 0) is 9.84 Å². The highest BCUT2D eigenvalue weighted by molar-refractivity contribution is 7.93. The summed E-state index contributed by atoms with van der Waals surface area (Å²) in [5.74, 6) is 0.308. The van der Waals surface area contributed by atoms with Gasteiger partial charge in [0, 0.05) is 0 Å². The molecule has 1 aliphatic rings. The van der Waals surface area contributed by atoms with Crippen LogP contribution in [0, 0.1) is 18.3 Å². The Morgan fingerprint density at radius 3 is 2.50 bits per heavy atom. The van der Waals surface area contributed by atoms with E-state index < -0.39 is 14.6 Å². The summed E-state index contributed by atoms with van der Waals surface area (Å²) in [6.45, 7) is 1.82. The Kier molecular flexibility index (Phi) is 3.07. The fourth-order valence-corrected chi connectivity index (χ4v) is 4.27. The predicted molar refractivity (Wildman–Crippen MR) is 67.1 cm³/mol. The molecule has 0 amide bonds. The lowest BCUT2D eigenvalue weighted by molar-refractivity contribution is 0.389. The first-order valence-electron chi connectivity index (χ1n) is 5.77. The van der Waals surface area contributed by atoms with Crippen molar-refractivity contribution in [1.29, 1.82) is 5.26 Å². The average Bonchev–Trinajstić information content (AvgIpc) is 2.27. The van der Waals surface area contributed by atoms with E-state index in [4.69, 9.17) is 4.74 Å². The molecule has 0 saturated heterocycles. The van der Waals surface area contributed by atoms with E-state index in [2.05, 4.69) is 0 Å². The minimum atomic E-state index is -3.67. The topological polar surface area (TPSA) is 67.2 Å². The summed E-state index contributed by atoms with van der Waals surface area (Å²) in [7, 11) is -2.23. The summed E-state index contributed by atoms with van der Waals surface area (Å²) < 4.78 is 29.0. The van der Waals surface area contributed by atoms with Crippen LogP contribution in [0.4, 0.5) is 0 Å². The van der Waals surface area contributed by atoms with Crippen molar-refractivity contribution in [3.05, 3.63) is 23.8 Å². The number of rotatable bonds is 3. The van der Waals surface area contributed by atoms with Crippen molar-refractivity contribution in [1.82, 2.24) is 0 Å². The van der Waals surface area contributed by atoms with E-state index in [9.17, 15) is 13.7 Å². The fourth-order valence-electron chi connectivity index (χ4n) is 2.14. The molecule has 0 N–H and O–H groups in total. The maximum absolute atomic E-state index is 12.6. The van der Waals surface area contributed by atoms with Gasteiger partial charge in [-0.15, -0.1) is 0 Å². The average molecular weight is 265 g/mol. The molecule has 1 aromatic carbocycles. The smallest absolute Gasteiger partial charge is 0.201 e. The van der Waals surface area contributed by atoms with Crippen LogP contribution in [-0.4, -0.2) is 20.3 Å². The molecule has 2 rings (SSSR count). The lowest BCUT2D eigenvalue weighted by atomic mass is 9.86. The first-order valence-corrected chi connectivity index (χ1v) is 7.26. The lowest BCUT2D eigenvalue weighted by Crippen LogP contribution is -2.43. The number of aryl methyl sites for hydroxylation is 1. The van der Waals surface area contributed by atoms with Crippen molar-refractivity contribution < 1.29 is 13.2 Å². The number of sulfone groups is 1. The van der Waals surface area contributed by atoms with Gasteiger partial charge in [-0.25, -0.2) is 8.42 Å². The van der Waals surface area contributed by atoms with Gasteiger partial charge in [-0.2, -0.15) is 5.26 Å². The van der Waals surface area contributed by atoms with Gasteiger partial charge in [0.2, 0.25) is 9.84 Å². The molecule has 1 aliphatic carbocycles. The lowest BCUT2D eigenvalue weighted by Gasteiger charge is -2.34. The first-order chi connectivity index (χ1) is 8.47. The van der Waals surface area contributed by atoms with E-state index in [0.29, 0.717) is 18.6 Å². The van der Waals surface area contributed by atoms with Crippen LogP contribution in [0.25, 0.3) is 0 Å². The van der Waals surface area contributed by atoms with Gasteiger partial charge < -0.3 is 4.74 Å². The van der Waals surface area contributed by atoms with E-state index in [1.54, 1.807) is 18.2 Å². The maximum atomic E-state index is 12.6. The molecule has 1 aromatic rings. The molecular weight excluding hydrogens is 250 g/mol. The molecule has 0 unspecified atom stereocenters. The molecule has 4 nitrogen and oxygen atoms in total. The quantitative estimate of drug-likeness (QED) is 0.840. The summed E-state index contributed by atoms with van der Waals surface area (Å²) >= 11 is 0. The molecule has 0 aromatic heterocycles. The number of hydrogen-bond donors (Lipinski definition) is 0. The second-order valence-corrected chi connectivity index (χ2v) is 6.85. The molecule has 1 saturated carbocycles. The number of nitriles is 1. The van der Waals surface area contributed by atoms with Crippen LogP contribution in [0.1, 0.15) is 24.8 Å². The zero-order valence-electron chi connectivity index (χ0n) is 10.4. The van der Waals surface area contributed by atoms with Gasteiger partial charge in [-0.3, -0.25) is 0 Å². The third kappa shape index (κ3) is 1.68. The third-order valence-electron chi connectivity index (χ3n) is 3.49. The summed E-state index contributed by atoms with van der Waals surface area (Å²) in [6.07, 6.45) is 1.59. The van der Waals surface area contributed by atoms with Gasteiger partial charge in [-0.1, -0.05) is 6.07 Å². The molecule has 0 heterocycles. The van der Waals surface area contributed by atoms with Crippen LogP contribution >= 0.6 is 0 Å². The van der Waals surface area contributed by atoms with E-state index in [1.807, 2.05) is 13.0 Å². The molecule has 0 radical (unpaired) electrons. The Morgan fingerprint density at radius 1 is 1.39 bits per heavy atom. The molecular formula is C13H15NO3S. The molecule has 0 aliphatic heterocycles. The molecule has 0 bridgehead atoms. The highest BCUT2D eigenvalue weighted by Crippen LogP contribution is 2.44. The Hall–Kier alpha value is -1.54. The summed E-state index contributed by atoms with van der Waals surface area (Å²) in [6, 6.07) is 6.98.